The number of hydrogen-bond donors (Lipinski definition) is 0. The Balaban J connectivity index is 0.000000253. The monoisotopic (exact) mass is 858 g/mol. The molecule has 0 aromatic heterocycles. The van der Waals surface area contributed by atoms with E-state index in [-0.39, 0.29) is 21.1 Å². The zero-order chi connectivity index (χ0) is 25.4. The summed E-state index contributed by atoms with van der Waals surface area (Å²) in [4.78, 5) is 0. The average Bonchev–Trinajstić information content (AvgIpc) is 3.02. The second-order valence-electron chi connectivity index (χ2n) is 8.36. The van der Waals surface area contributed by atoms with Crippen molar-refractivity contribution in [2.45, 2.75) is 25.7 Å². The van der Waals surface area contributed by atoms with E-state index in [0.29, 0.717) is 0 Å². The fraction of sp³-hybridized carbons (Fsp3) is 0.111. The van der Waals surface area contributed by atoms with Crippen molar-refractivity contribution in [1.29, 1.82) is 0 Å². The zero-order valence-corrected chi connectivity index (χ0v) is 26.2. The molecule has 2 aliphatic carbocycles. The van der Waals surface area contributed by atoms with Crippen molar-refractivity contribution in [3.63, 3.8) is 0 Å². The average molecular weight is 859 g/mol. The van der Waals surface area contributed by atoms with Crippen molar-refractivity contribution < 1.29 is 37.1 Å². The van der Waals surface area contributed by atoms with Gasteiger partial charge in [0.1, 0.15) is 0 Å². The molecule has 2 heteroatoms. The third-order valence-electron chi connectivity index (χ3n) is 5.71. The summed E-state index contributed by atoms with van der Waals surface area (Å²) < 4.78 is 5.83. The molecule has 6 rings (SSSR count). The first-order valence-corrected chi connectivity index (χ1v) is 17.4. The minimum absolute atomic E-state index is 0. The van der Waals surface area contributed by atoms with E-state index in [1.807, 2.05) is 0 Å². The Morgan fingerprint density at radius 1 is 0.342 bits per heavy atom. The van der Waals surface area contributed by atoms with Gasteiger partial charge in [-0.25, -0.2) is 0 Å². The molecule has 2 aliphatic rings. The molecule has 0 saturated heterocycles. The molecule has 0 atom stereocenters. The van der Waals surface area contributed by atoms with Gasteiger partial charge in [-0.15, -0.1) is 0 Å². The van der Waals surface area contributed by atoms with E-state index in [1.54, 1.807) is 0 Å². The Morgan fingerprint density at radius 3 is 0.789 bits per heavy atom. The molecule has 38 heavy (non-hydrogen) atoms. The maximum absolute atomic E-state index is 2.89. The van der Waals surface area contributed by atoms with Gasteiger partial charge in [-0.05, 0) is 25.7 Å². The van der Waals surface area contributed by atoms with Crippen LogP contribution < -0.4 is 15.8 Å². The Morgan fingerprint density at radius 2 is 0.605 bits per heavy atom. The van der Waals surface area contributed by atoms with Crippen LogP contribution in [0.5, 0.6) is 0 Å². The molecule has 0 aliphatic heterocycles. The van der Waals surface area contributed by atoms with Crippen LogP contribution in [0.4, 0.5) is 0 Å². The quantitative estimate of drug-likeness (QED) is 0.190. The predicted octanol–water partition coefficient (Wildman–Crippen LogP) is 7.23. The molecule has 0 saturated carbocycles. The standard InChI is InChI=1S/2C6H8.4C6H5.2Pt/c6*1-2-4-6-5-3-1;;/h1-2,5-6H,3-4H2;1-4H,5-6H2;4*1-5H;;. The molecule has 0 fully saturated rings. The van der Waals surface area contributed by atoms with Crippen LogP contribution in [-0.2, 0) is 37.1 Å². The summed E-state index contributed by atoms with van der Waals surface area (Å²) in [5.41, 5.74) is 0. The van der Waals surface area contributed by atoms with Gasteiger partial charge in [0.2, 0.25) is 0 Å². The van der Waals surface area contributed by atoms with E-state index in [0.717, 1.165) is 12.8 Å². The van der Waals surface area contributed by atoms with E-state index in [2.05, 4.69) is 170 Å². The van der Waals surface area contributed by atoms with Crippen LogP contribution in [-0.4, -0.2) is 0 Å². The van der Waals surface area contributed by atoms with Crippen LogP contribution in [0.3, 0.4) is 0 Å². The molecular formula is C36H36Pt2. The molecule has 0 unspecified atom stereocenters. The van der Waals surface area contributed by atoms with Crippen molar-refractivity contribution in [3.05, 3.63) is 170 Å². The molecule has 200 valence electrons. The Hall–Kier alpha value is -2.78. The van der Waals surface area contributed by atoms with Crippen LogP contribution in [0.2, 0.25) is 0 Å². The molecule has 0 amide bonds. The van der Waals surface area contributed by atoms with Gasteiger partial charge in [-0.2, -0.15) is 0 Å². The molecule has 0 N–H and O–H groups in total. The van der Waals surface area contributed by atoms with E-state index in [9.17, 15) is 0 Å². The molecule has 4 aromatic carbocycles. The summed E-state index contributed by atoms with van der Waals surface area (Å²) in [6.45, 7) is 0. The van der Waals surface area contributed by atoms with Gasteiger partial charge >= 0.3 is 153 Å². The molecule has 4 aromatic rings. The van der Waals surface area contributed by atoms with Crippen LogP contribution in [0, 0.1) is 0 Å². The van der Waals surface area contributed by atoms with Crippen LogP contribution in [0.15, 0.2) is 170 Å². The fourth-order valence-electron chi connectivity index (χ4n) is 3.96. The number of rotatable bonds is 4. The molecule has 0 bridgehead atoms. The minimum atomic E-state index is -2.89. The Labute approximate surface area is 247 Å². The SMILES string of the molecule is C1=CCC=CC1.C1=CCCC=C1.[Pt].c1cc[c]([Pt]([c]2ccccc2)([c]2ccccc2)[c]2ccccc2)cc1. The summed E-state index contributed by atoms with van der Waals surface area (Å²) in [5.74, 6) is 0. The normalized spacial score (nSPS) is 13.7. The molecular weight excluding hydrogens is 823 g/mol. The third-order valence-corrected chi connectivity index (χ3v) is 16.6. The Kier molecular flexibility index (Phi) is 13.3. The molecule has 0 spiro atoms. The second-order valence-corrected chi connectivity index (χ2v) is 17.0. The third kappa shape index (κ3) is 8.11. The molecule has 0 nitrogen and oxygen atoms in total. The van der Waals surface area contributed by atoms with Crippen molar-refractivity contribution >= 4 is 15.8 Å². The topological polar surface area (TPSA) is 0 Å². The first-order valence-electron chi connectivity index (χ1n) is 12.9. The summed E-state index contributed by atoms with van der Waals surface area (Å²) in [6.07, 6.45) is 22.0. The van der Waals surface area contributed by atoms with E-state index >= 15 is 0 Å². The predicted molar refractivity (Wildman–Crippen MR) is 159 cm³/mol. The molecule has 0 radical (unpaired) electrons. The fourth-order valence-corrected chi connectivity index (χ4v) is 14.8. The van der Waals surface area contributed by atoms with Gasteiger partial charge in [0.15, 0.2) is 0 Å². The summed E-state index contributed by atoms with van der Waals surface area (Å²) in [5, 5.41) is 0. The van der Waals surface area contributed by atoms with Gasteiger partial charge < -0.3 is 0 Å². The summed E-state index contributed by atoms with van der Waals surface area (Å²) >= 11 is -2.89. The maximum atomic E-state index is 2.31. The zero-order valence-electron chi connectivity index (χ0n) is 21.6. The van der Waals surface area contributed by atoms with Gasteiger partial charge in [0.05, 0.1) is 0 Å². The molecule has 0 heterocycles. The van der Waals surface area contributed by atoms with Gasteiger partial charge in [0, 0.05) is 21.1 Å². The van der Waals surface area contributed by atoms with Crippen molar-refractivity contribution in [2.75, 3.05) is 0 Å². The van der Waals surface area contributed by atoms with E-state index in [1.165, 1.54) is 28.7 Å². The summed E-state index contributed by atoms with van der Waals surface area (Å²) in [6, 6.07) is 44.3. The van der Waals surface area contributed by atoms with E-state index in [4.69, 9.17) is 0 Å². The first-order chi connectivity index (χ1) is 18.4. The van der Waals surface area contributed by atoms with Gasteiger partial charge in [-0.1, -0.05) is 48.6 Å². The van der Waals surface area contributed by atoms with E-state index < -0.39 is 16.1 Å². The number of hydrogen-bond acceptors (Lipinski definition) is 0. The van der Waals surface area contributed by atoms with Crippen LogP contribution in [0.25, 0.3) is 0 Å². The van der Waals surface area contributed by atoms with Crippen molar-refractivity contribution in [1.82, 2.24) is 0 Å². The van der Waals surface area contributed by atoms with Crippen LogP contribution >= 0.6 is 0 Å². The number of benzene rings is 4. The van der Waals surface area contributed by atoms with Crippen molar-refractivity contribution in [2.24, 2.45) is 0 Å². The second kappa shape index (κ2) is 16.9. The Bertz CT molecular complexity index is 1090. The van der Waals surface area contributed by atoms with Crippen molar-refractivity contribution in [3.8, 4) is 0 Å². The van der Waals surface area contributed by atoms with Gasteiger partial charge in [-0.3, -0.25) is 0 Å². The van der Waals surface area contributed by atoms with Crippen LogP contribution in [0.1, 0.15) is 25.7 Å². The summed E-state index contributed by atoms with van der Waals surface area (Å²) in [7, 11) is 0. The number of allylic oxidation sites excluding steroid dienone is 8. The first kappa shape index (κ1) is 29.8. The van der Waals surface area contributed by atoms with Gasteiger partial charge in [0.25, 0.3) is 0 Å².